The van der Waals surface area contributed by atoms with Crippen molar-refractivity contribution in [1.29, 1.82) is 0 Å². The van der Waals surface area contributed by atoms with Crippen molar-refractivity contribution in [1.82, 2.24) is 9.80 Å². The molecule has 0 bridgehead atoms. The van der Waals surface area contributed by atoms with E-state index in [1.807, 2.05) is 0 Å². The van der Waals surface area contributed by atoms with E-state index in [4.69, 9.17) is 0 Å². The van der Waals surface area contributed by atoms with Gasteiger partial charge in [0, 0.05) is 18.2 Å². The highest BCUT2D eigenvalue weighted by molar-refractivity contribution is 6.19. The standard InChI is InChI=1S/C13H16N2O3/c16-8-7-14-6-2-5-10-11(14)13(18)15(12(10)17)9-3-1-4-9/h8-9H,1-7H2. The second-order valence-corrected chi connectivity index (χ2v) is 5.11. The Hall–Kier alpha value is -1.65. The average Bonchev–Trinajstić information content (AvgIpc) is 2.54. The highest BCUT2D eigenvalue weighted by Gasteiger charge is 2.46. The first-order chi connectivity index (χ1) is 8.74. The van der Waals surface area contributed by atoms with E-state index >= 15 is 0 Å². The SMILES string of the molecule is O=CCN1CCCC2=C1C(=O)N(C1CCC1)C2=O. The molecule has 0 saturated heterocycles. The van der Waals surface area contributed by atoms with E-state index in [-0.39, 0.29) is 24.4 Å². The van der Waals surface area contributed by atoms with Crippen molar-refractivity contribution in [2.24, 2.45) is 0 Å². The van der Waals surface area contributed by atoms with Crippen molar-refractivity contribution < 1.29 is 14.4 Å². The Bertz CT molecular complexity index is 451. The van der Waals surface area contributed by atoms with Crippen LogP contribution in [0.15, 0.2) is 11.3 Å². The molecular formula is C13H16N2O3. The summed E-state index contributed by atoms with van der Waals surface area (Å²) < 4.78 is 0. The summed E-state index contributed by atoms with van der Waals surface area (Å²) in [5, 5.41) is 0. The predicted molar refractivity (Wildman–Crippen MR) is 63.4 cm³/mol. The first kappa shape index (κ1) is 11.4. The van der Waals surface area contributed by atoms with Crippen LogP contribution in [0.2, 0.25) is 0 Å². The van der Waals surface area contributed by atoms with E-state index < -0.39 is 0 Å². The number of nitrogens with zero attached hydrogens (tertiary/aromatic N) is 2. The smallest absolute Gasteiger partial charge is 0.277 e. The van der Waals surface area contributed by atoms with Crippen LogP contribution in [0.5, 0.6) is 0 Å². The van der Waals surface area contributed by atoms with Crippen LogP contribution in [0.25, 0.3) is 0 Å². The molecule has 5 heteroatoms. The molecule has 3 rings (SSSR count). The van der Waals surface area contributed by atoms with E-state index in [0.717, 1.165) is 32.0 Å². The molecule has 2 amide bonds. The van der Waals surface area contributed by atoms with Gasteiger partial charge in [-0.05, 0) is 32.1 Å². The maximum Gasteiger partial charge on any atom is 0.277 e. The molecule has 5 nitrogen and oxygen atoms in total. The molecule has 0 radical (unpaired) electrons. The van der Waals surface area contributed by atoms with Crippen molar-refractivity contribution >= 4 is 18.1 Å². The quantitative estimate of drug-likeness (QED) is 0.537. The zero-order valence-corrected chi connectivity index (χ0v) is 10.2. The Kier molecular flexibility index (Phi) is 2.69. The van der Waals surface area contributed by atoms with E-state index in [0.29, 0.717) is 24.2 Å². The highest BCUT2D eigenvalue weighted by atomic mass is 16.2. The molecule has 1 aliphatic carbocycles. The second kappa shape index (κ2) is 4.23. The van der Waals surface area contributed by atoms with Gasteiger partial charge in [-0.2, -0.15) is 0 Å². The monoisotopic (exact) mass is 248 g/mol. The lowest BCUT2D eigenvalue weighted by atomic mass is 9.91. The molecule has 96 valence electrons. The average molecular weight is 248 g/mol. The van der Waals surface area contributed by atoms with Gasteiger partial charge in [-0.15, -0.1) is 0 Å². The van der Waals surface area contributed by atoms with Crippen LogP contribution >= 0.6 is 0 Å². The Morgan fingerprint density at radius 1 is 1.17 bits per heavy atom. The fourth-order valence-electron chi connectivity index (χ4n) is 2.94. The molecule has 0 N–H and O–H groups in total. The molecule has 2 aliphatic heterocycles. The van der Waals surface area contributed by atoms with Gasteiger partial charge in [-0.25, -0.2) is 0 Å². The van der Waals surface area contributed by atoms with Crippen molar-refractivity contribution in [3.05, 3.63) is 11.3 Å². The minimum atomic E-state index is -0.179. The van der Waals surface area contributed by atoms with Crippen LogP contribution in [0, 0.1) is 0 Å². The molecule has 1 saturated carbocycles. The Morgan fingerprint density at radius 2 is 1.94 bits per heavy atom. The number of amides is 2. The summed E-state index contributed by atoms with van der Waals surface area (Å²) in [5.74, 6) is -0.295. The van der Waals surface area contributed by atoms with Crippen LogP contribution in [0.4, 0.5) is 0 Å². The van der Waals surface area contributed by atoms with Gasteiger partial charge >= 0.3 is 0 Å². The van der Waals surface area contributed by atoms with Crippen molar-refractivity contribution in [3.8, 4) is 0 Å². The minimum Gasteiger partial charge on any atom is -0.360 e. The summed E-state index contributed by atoms with van der Waals surface area (Å²) in [6.07, 6.45) is 5.23. The third kappa shape index (κ3) is 1.50. The topological polar surface area (TPSA) is 57.7 Å². The molecule has 0 aromatic carbocycles. The van der Waals surface area contributed by atoms with E-state index in [9.17, 15) is 14.4 Å². The summed E-state index contributed by atoms with van der Waals surface area (Å²) in [6.45, 7) is 0.894. The first-order valence-corrected chi connectivity index (χ1v) is 6.53. The largest absolute Gasteiger partial charge is 0.360 e. The zero-order valence-electron chi connectivity index (χ0n) is 10.2. The molecule has 2 heterocycles. The number of carbonyl (C=O) groups excluding carboxylic acids is 3. The Balaban J connectivity index is 1.91. The predicted octanol–water partition coefficient (Wildman–Crippen LogP) is 0.456. The first-order valence-electron chi connectivity index (χ1n) is 6.53. The van der Waals surface area contributed by atoms with Crippen LogP contribution in [-0.2, 0) is 14.4 Å². The maximum atomic E-state index is 12.4. The zero-order chi connectivity index (χ0) is 12.7. The highest BCUT2D eigenvalue weighted by Crippen LogP contribution is 2.36. The number of aldehydes is 1. The molecule has 18 heavy (non-hydrogen) atoms. The third-order valence-electron chi connectivity index (χ3n) is 4.09. The maximum absolute atomic E-state index is 12.4. The molecule has 0 unspecified atom stereocenters. The van der Waals surface area contributed by atoms with Gasteiger partial charge in [-0.1, -0.05) is 0 Å². The lowest BCUT2D eigenvalue weighted by Gasteiger charge is -2.33. The van der Waals surface area contributed by atoms with Crippen LogP contribution < -0.4 is 0 Å². The van der Waals surface area contributed by atoms with Crippen LogP contribution in [0.1, 0.15) is 32.1 Å². The Morgan fingerprint density at radius 3 is 2.56 bits per heavy atom. The number of rotatable bonds is 3. The van der Waals surface area contributed by atoms with E-state index in [1.165, 1.54) is 4.90 Å². The minimum absolute atomic E-state index is 0.0914. The van der Waals surface area contributed by atoms with Gasteiger partial charge in [0.25, 0.3) is 11.8 Å². The lowest BCUT2D eigenvalue weighted by molar-refractivity contribution is -0.142. The van der Waals surface area contributed by atoms with Gasteiger partial charge in [0.2, 0.25) is 0 Å². The van der Waals surface area contributed by atoms with Gasteiger partial charge in [0.05, 0.1) is 6.54 Å². The second-order valence-electron chi connectivity index (χ2n) is 5.11. The number of hydrogen-bond donors (Lipinski definition) is 0. The summed E-state index contributed by atoms with van der Waals surface area (Å²) >= 11 is 0. The number of imide groups is 1. The van der Waals surface area contributed by atoms with Gasteiger partial charge in [0.1, 0.15) is 12.0 Å². The lowest BCUT2D eigenvalue weighted by Crippen LogP contribution is -2.45. The fourth-order valence-corrected chi connectivity index (χ4v) is 2.94. The molecule has 0 atom stereocenters. The van der Waals surface area contributed by atoms with E-state index in [1.54, 1.807) is 4.90 Å². The number of carbonyl (C=O) groups is 3. The number of hydrogen-bond acceptors (Lipinski definition) is 4. The van der Waals surface area contributed by atoms with Crippen molar-refractivity contribution in [2.75, 3.05) is 13.1 Å². The summed E-state index contributed by atoms with van der Waals surface area (Å²) in [7, 11) is 0. The fraction of sp³-hybridized carbons (Fsp3) is 0.615. The third-order valence-corrected chi connectivity index (χ3v) is 4.09. The molecule has 0 aromatic rings. The Labute approximate surface area is 105 Å². The molecular weight excluding hydrogens is 232 g/mol. The normalized spacial score (nSPS) is 24.4. The van der Waals surface area contributed by atoms with Gasteiger partial charge in [-0.3, -0.25) is 14.5 Å². The molecule has 0 spiro atoms. The van der Waals surface area contributed by atoms with Crippen LogP contribution in [0.3, 0.4) is 0 Å². The van der Waals surface area contributed by atoms with Gasteiger partial charge < -0.3 is 9.69 Å². The van der Waals surface area contributed by atoms with Crippen molar-refractivity contribution in [3.63, 3.8) is 0 Å². The summed E-state index contributed by atoms with van der Waals surface area (Å²) in [4.78, 5) is 38.5. The molecule has 1 fully saturated rings. The van der Waals surface area contributed by atoms with E-state index in [2.05, 4.69) is 0 Å². The molecule has 0 aromatic heterocycles. The summed E-state index contributed by atoms with van der Waals surface area (Å²) in [6, 6.07) is 0.0914. The van der Waals surface area contributed by atoms with Crippen LogP contribution in [-0.4, -0.2) is 47.0 Å². The van der Waals surface area contributed by atoms with Gasteiger partial charge in [0.15, 0.2) is 0 Å². The molecule has 3 aliphatic rings. The summed E-state index contributed by atoms with van der Waals surface area (Å²) in [5.41, 5.74) is 1.12. The van der Waals surface area contributed by atoms with Crippen molar-refractivity contribution in [2.45, 2.75) is 38.1 Å².